The van der Waals surface area contributed by atoms with Gasteiger partial charge in [0.1, 0.15) is 12.4 Å². The van der Waals surface area contributed by atoms with Gasteiger partial charge in [-0.3, -0.25) is 0 Å². The number of nitriles is 1. The molecule has 0 fully saturated rings. The molecule has 0 aliphatic carbocycles. The summed E-state index contributed by atoms with van der Waals surface area (Å²) in [4.78, 5) is 11.5. The normalized spacial score (nSPS) is 10.3. The van der Waals surface area contributed by atoms with Crippen LogP contribution < -0.4 is 5.32 Å². The van der Waals surface area contributed by atoms with E-state index < -0.39 is 11.9 Å². The number of nitrogens with one attached hydrogen (secondary N) is 1. The third-order valence-electron chi connectivity index (χ3n) is 3.22. The average molecular weight is 324 g/mol. The van der Waals surface area contributed by atoms with E-state index in [1.807, 2.05) is 36.4 Å². The highest BCUT2D eigenvalue weighted by Gasteiger charge is 2.02. The minimum absolute atomic E-state index is 0.221. The Morgan fingerprint density at radius 2 is 2.04 bits per heavy atom. The van der Waals surface area contributed by atoms with Crippen LogP contribution in [0, 0.1) is 17.1 Å². The van der Waals surface area contributed by atoms with Crippen LogP contribution in [-0.4, -0.2) is 12.6 Å². The van der Waals surface area contributed by atoms with Gasteiger partial charge in [-0.2, -0.15) is 5.26 Å². The Bertz CT molecular complexity index is 752. The first-order valence-electron chi connectivity index (χ1n) is 7.50. The van der Waals surface area contributed by atoms with Crippen molar-refractivity contribution in [2.75, 3.05) is 6.54 Å². The van der Waals surface area contributed by atoms with Gasteiger partial charge in [0.25, 0.3) is 0 Å². The van der Waals surface area contributed by atoms with E-state index in [1.165, 1.54) is 6.07 Å². The topological polar surface area (TPSA) is 62.1 Å². The molecule has 0 radical (unpaired) electrons. The van der Waals surface area contributed by atoms with E-state index in [2.05, 4.69) is 5.32 Å². The molecule has 0 spiro atoms. The van der Waals surface area contributed by atoms with E-state index in [4.69, 9.17) is 10.00 Å². The molecule has 5 heteroatoms. The van der Waals surface area contributed by atoms with Crippen molar-refractivity contribution in [1.29, 1.82) is 5.26 Å². The Morgan fingerprint density at radius 1 is 1.25 bits per heavy atom. The number of benzene rings is 2. The number of hydrogen-bond donors (Lipinski definition) is 1. The van der Waals surface area contributed by atoms with Gasteiger partial charge in [-0.15, -0.1) is 0 Å². The van der Waals surface area contributed by atoms with Crippen molar-refractivity contribution in [3.05, 3.63) is 77.1 Å². The van der Waals surface area contributed by atoms with Crippen molar-refractivity contribution in [3.8, 4) is 6.07 Å². The van der Waals surface area contributed by atoms with E-state index in [0.29, 0.717) is 18.5 Å². The summed E-state index contributed by atoms with van der Waals surface area (Å²) in [5.74, 6) is -0.444. The van der Waals surface area contributed by atoms with Crippen LogP contribution in [0.2, 0.25) is 0 Å². The Morgan fingerprint density at radius 3 is 2.75 bits per heavy atom. The molecule has 4 nitrogen and oxygen atoms in total. The van der Waals surface area contributed by atoms with Gasteiger partial charge in [0.2, 0.25) is 0 Å². The zero-order valence-electron chi connectivity index (χ0n) is 13.0. The van der Waals surface area contributed by atoms with Gasteiger partial charge in [0.15, 0.2) is 0 Å². The second kappa shape index (κ2) is 9.11. The Balaban J connectivity index is 1.69. The average Bonchev–Trinajstić information content (AvgIpc) is 2.61. The zero-order chi connectivity index (χ0) is 17.2. The summed E-state index contributed by atoms with van der Waals surface area (Å²) in [5, 5.41) is 11.3. The highest BCUT2D eigenvalue weighted by Crippen LogP contribution is 2.11. The molecule has 0 unspecified atom stereocenters. The van der Waals surface area contributed by atoms with Gasteiger partial charge in [-0.1, -0.05) is 48.6 Å². The van der Waals surface area contributed by atoms with Crippen LogP contribution in [0.3, 0.4) is 0 Å². The summed E-state index contributed by atoms with van der Waals surface area (Å²) in [6, 6.07) is 15.6. The fourth-order valence-electron chi connectivity index (χ4n) is 1.97. The number of amides is 1. The molecule has 0 aromatic heterocycles. The standard InChI is InChI=1S/C19H17FN2O2/c20-18-12-16(13-21)9-10-17(18)8-4-5-11-22-19(23)24-14-15-6-2-1-3-7-15/h1-4,6-10,12H,5,11,14H2,(H,22,23). The highest BCUT2D eigenvalue weighted by molar-refractivity contribution is 5.67. The summed E-state index contributed by atoms with van der Waals surface area (Å²) in [6.07, 6.45) is 3.42. The van der Waals surface area contributed by atoms with Gasteiger partial charge in [0.05, 0.1) is 11.6 Å². The van der Waals surface area contributed by atoms with Crippen molar-refractivity contribution >= 4 is 12.2 Å². The summed E-state index contributed by atoms with van der Waals surface area (Å²) in [6.45, 7) is 0.612. The van der Waals surface area contributed by atoms with Gasteiger partial charge in [-0.05, 0) is 24.1 Å². The lowest BCUT2D eigenvalue weighted by Crippen LogP contribution is -2.24. The SMILES string of the molecule is N#Cc1ccc(C=CCCNC(=O)OCc2ccccc2)c(F)c1. The van der Waals surface area contributed by atoms with Crippen LogP contribution >= 0.6 is 0 Å². The second-order valence-corrected chi connectivity index (χ2v) is 5.03. The third-order valence-corrected chi connectivity index (χ3v) is 3.22. The number of halogens is 1. The number of alkyl carbamates (subject to hydrolysis) is 1. The predicted molar refractivity (Wildman–Crippen MR) is 89.4 cm³/mol. The summed E-state index contributed by atoms with van der Waals surface area (Å²) >= 11 is 0. The smallest absolute Gasteiger partial charge is 0.407 e. The minimum Gasteiger partial charge on any atom is -0.445 e. The van der Waals surface area contributed by atoms with Gasteiger partial charge in [-0.25, -0.2) is 9.18 Å². The molecule has 0 atom stereocenters. The zero-order valence-corrected chi connectivity index (χ0v) is 13.0. The monoisotopic (exact) mass is 324 g/mol. The van der Waals surface area contributed by atoms with E-state index in [-0.39, 0.29) is 12.2 Å². The van der Waals surface area contributed by atoms with Crippen LogP contribution in [0.5, 0.6) is 0 Å². The van der Waals surface area contributed by atoms with E-state index in [9.17, 15) is 9.18 Å². The van der Waals surface area contributed by atoms with Crippen LogP contribution in [0.1, 0.15) is 23.1 Å². The maximum Gasteiger partial charge on any atom is 0.407 e. The van der Waals surface area contributed by atoms with Crippen LogP contribution in [0.15, 0.2) is 54.6 Å². The summed E-state index contributed by atoms with van der Waals surface area (Å²) in [5.41, 5.74) is 1.61. The summed E-state index contributed by atoms with van der Waals surface area (Å²) in [7, 11) is 0. The molecule has 24 heavy (non-hydrogen) atoms. The van der Waals surface area contributed by atoms with E-state index >= 15 is 0 Å². The van der Waals surface area contributed by atoms with Crippen molar-refractivity contribution < 1.29 is 13.9 Å². The Kier molecular flexibility index (Phi) is 6.54. The molecule has 0 bridgehead atoms. The lowest BCUT2D eigenvalue weighted by Gasteiger charge is -2.05. The largest absolute Gasteiger partial charge is 0.445 e. The first kappa shape index (κ1) is 17.2. The van der Waals surface area contributed by atoms with Crippen LogP contribution in [0.4, 0.5) is 9.18 Å². The van der Waals surface area contributed by atoms with Gasteiger partial charge in [0, 0.05) is 12.1 Å². The van der Waals surface area contributed by atoms with Crippen molar-refractivity contribution in [1.82, 2.24) is 5.32 Å². The number of carbonyl (C=O) groups excluding carboxylic acids is 1. The van der Waals surface area contributed by atoms with Crippen LogP contribution in [0.25, 0.3) is 6.08 Å². The Labute approximate surface area is 140 Å². The fourth-order valence-corrected chi connectivity index (χ4v) is 1.97. The quantitative estimate of drug-likeness (QED) is 0.816. The first-order valence-corrected chi connectivity index (χ1v) is 7.50. The fraction of sp³-hybridized carbons (Fsp3) is 0.158. The minimum atomic E-state index is -0.489. The van der Waals surface area contributed by atoms with Crippen molar-refractivity contribution in [3.63, 3.8) is 0 Å². The molecule has 122 valence electrons. The molecule has 2 rings (SSSR count). The van der Waals surface area contributed by atoms with Gasteiger partial charge < -0.3 is 10.1 Å². The molecular weight excluding hydrogens is 307 g/mol. The van der Waals surface area contributed by atoms with Crippen LogP contribution in [-0.2, 0) is 11.3 Å². The maximum absolute atomic E-state index is 13.6. The number of rotatable bonds is 6. The second-order valence-electron chi connectivity index (χ2n) is 5.03. The predicted octanol–water partition coefficient (Wildman–Crippen LogP) is 4.03. The molecule has 0 heterocycles. The molecule has 2 aromatic carbocycles. The molecule has 0 saturated carbocycles. The lowest BCUT2D eigenvalue weighted by molar-refractivity contribution is 0.140. The highest BCUT2D eigenvalue weighted by atomic mass is 19.1. The lowest BCUT2D eigenvalue weighted by atomic mass is 10.1. The summed E-state index contributed by atoms with van der Waals surface area (Å²) < 4.78 is 18.7. The molecule has 0 aliphatic heterocycles. The maximum atomic E-state index is 13.6. The van der Waals surface area contributed by atoms with Crippen molar-refractivity contribution in [2.45, 2.75) is 13.0 Å². The first-order chi connectivity index (χ1) is 11.7. The number of nitrogens with zero attached hydrogens (tertiary/aromatic N) is 1. The molecule has 2 aromatic rings. The molecule has 1 N–H and O–H groups in total. The van der Waals surface area contributed by atoms with Gasteiger partial charge >= 0.3 is 6.09 Å². The molecular formula is C19H17FN2O2. The van der Waals surface area contributed by atoms with E-state index in [1.54, 1.807) is 24.3 Å². The number of hydrogen-bond acceptors (Lipinski definition) is 3. The number of ether oxygens (including phenoxy) is 1. The Hall–Kier alpha value is -3.13. The molecule has 0 saturated heterocycles. The third kappa shape index (κ3) is 5.58. The van der Waals surface area contributed by atoms with E-state index in [0.717, 1.165) is 5.56 Å². The van der Waals surface area contributed by atoms with Crippen molar-refractivity contribution in [2.24, 2.45) is 0 Å². The molecule has 0 aliphatic rings. The molecule has 1 amide bonds. The number of carbonyl (C=O) groups is 1.